The van der Waals surface area contributed by atoms with Gasteiger partial charge in [-0.2, -0.15) is 0 Å². The van der Waals surface area contributed by atoms with Gasteiger partial charge < -0.3 is 5.32 Å². The van der Waals surface area contributed by atoms with Crippen molar-refractivity contribution < 1.29 is 9.18 Å². The van der Waals surface area contributed by atoms with Gasteiger partial charge >= 0.3 is 0 Å². The molecule has 2 unspecified atom stereocenters. The van der Waals surface area contributed by atoms with Crippen molar-refractivity contribution >= 4 is 23.4 Å². The number of nitrogens with one attached hydrogen (secondary N) is 1. The van der Waals surface area contributed by atoms with Crippen molar-refractivity contribution in [2.24, 2.45) is 16.3 Å². The van der Waals surface area contributed by atoms with Gasteiger partial charge in [0.15, 0.2) is 0 Å². The van der Waals surface area contributed by atoms with E-state index in [1.54, 1.807) is 30.1 Å². The second-order valence-electron chi connectivity index (χ2n) is 8.45. The molecule has 2 aromatic carbocycles. The minimum absolute atomic E-state index is 0.00578. The van der Waals surface area contributed by atoms with Gasteiger partial charge in [-0.3, -0.25) is 14.8 Å². The summed E-state index contributed by atoms with van der Waals surface area (Å²) >= 11 is 1.68. The molecule has 162 valence electrons. The zero-order chi connectivity index (χ0) is 22.4. The highest BCUT2D eigenvalue weighted by Gasteiger charge is 2.61. The molecule has 2 aliphatic carbocycles. The molecule has 6 rings (SSSR count). The first-order valence-electron chi connectivity index (χ1n) is 10.9. The topological polar surface area (TPSA) is 54.4 Å². The van der Waals surface area contributed by atoms with Crippen molar-refractivity contribution in [1.82, 2.24) is 10.3 Å². The van der Waals surface area contributed by atoms with Gasteiger partial charge in [-0.25, -0.2) is 4.39 Å². The number of hydrogen-bond donors (Lipinski definition) is 1. The summed E-state index contributed by atoms with van der Waals surface area (Å²) in [6.45, 7) is 0.401. The van der Waals surface area contributed by atoms with Gasteiger partial charge in [0.1, 0.15) is 5.82 Å². The molecule has 3 aromatic rings. The molecule has 0 radical (unpaired) electrons. The summed E-state index contributed by atoms with van der Waals surface area (Å²) in [7, 11) is 0. The van der Waals surface area contributed by atoms with Crippen LogP contribution >= 0.6 is 11.8 Å². The highest BCUT2D eigenvalue weighted by molar-refractivity contribution is 8.03. The van der Waals surface area contributed by atoms with Crippen molar-refractivity contribution in [2.45, 2.75) is 17.9 Å². The lowest BCUT2D eigenvalue weighted by Gasteiger charge is -2.19. The average Bonchev–Trinajstić information content (AvgIpc) is 3.62. The normalized spacial score (nSPS) is 22.5. The Labute approximate surface area is 195 Å². The van der Waals surface area contributed by atoms with Crippen LogP contribution in [-0.4, -0.2) is 16.6 Å². The van der Waals surface area contributed by atoms with Gasteiger partial charge in [0.05, 0.1) is 29.1 Å². The lowest BCUT2D eigenvalue weighted by molar-refractivity contribution is -0.125. The SMILES string of the molecule is O=C(NCc1ccccn1)C12C=CC3=C(N=C(c4ccc(F)cc4)c4ccccc4S3)C1C2. The number of aromatic nitrogens is 1. The van der Waals surface area contributed by atoms with Crippen LogP contribution in [0, 0.1) is 17.2 Å². The number of aliphatic imine (C=N–C) groups is 1. The smallest absolute Gasteiger partial charge is 0.231 e. The summed E-state index contributed by atoms with van der Waals surface area (Å²) in [6, 6.07) is 20.3. The molecule has 0 saturated heterocycles. The van der Waals surface area contributed by atoms with Gasteiger partial charge in [0.2, 0.25) is 5.91 Å². The molecule has 6 heteroatoms. The molecule has 1 amide bonds. The summed E-state index contributed by atoms with van der Waals surface area (Å²) in [5, 5.41) is 3.06. The maximum absolute atomic E-state index is 13.6. The zero-order valence-corrected chi connectivity index (χ0v) is 18.5. The largest absolute Gasteiger partial charge is 0.350 e. The molecule has 0 bridgehead atoms. The Hall–Kier alpha value is -3.51. The van der Waals surface area contributed by atoms with E-state index < -0.39 is 5.41 Å². The standard InChI is InChI=1S/C27H20FN3OS/c28-18-10-8-17(9-11-18)24-20-6-1-2-7-22(20)33-23-12-13-27(15-21(27)25(23)31-24)26(32)30-16-19-5-3-4-14-29-19/h1-14,21H,15-16H2,(H,30,32). The van der Waals surface area contributed by atoms with Crippen LogP contribution < -0.4 is 5.32 Å². The Morgan fingerprint density at radius 2 is 1.91 bits per heavy atom. The quantitative estimate of drug-likeness (QED) is 0.586. The fourth-order valence-corrected chi connectivity index (χ4v) is 5.63. The number of rotatable bonds is 4. The van der Waals surface area contributed by atoms with Crippen LogP contribution in [0.5, 0.6) is 0 Å². The highest BCUT2D eigenvalue weighted by Crippen LogP contribution is 2.63. The fourth-order valence-electron chi connectivity index (χ4n) is 4.55. The summed E-state index contributed by atoms with van der Waals surface area (Å²) in [5.41, 5.74) is 3.89. The predicted molar refractivity (Wildman–Crippen MR) is 127 cm³/mol. The summed E-state index contributed by atoms with van der Waals surface area (Å²) in [4.78, 5) is 24.8. The first-order chi connectivity index (χ1) is 16.1. The Bertz CT molecular complexity index is 1350. The molecular weight excluding hydrogens is 433 g/mol. The first kappa shape index (κ1) is 20.1. The molecule has 1 aromatic heterocycles. The van der Waals surface area contributed by atoms with Crippen LogP contribution in [-0.2, 0) is 11.3 Å². The fraction of sp³-hybridized carbons (Fsp3) is 0.148. The van der Waals surface area contributed by atoms with E-state index in [9.17, 15) is 9.18 Å². The zero-order valence-electron chi connectivity index (χ0n) is 17.7. The van der Waals surface area contributed by atoms with Crippen LogP contribution in [0.15, 0.2) is 106 Å². The van der Waals surface area contributed by atoms with E-state index in [2.05, 4.69) is 16.4 Å². The Morgan fingerprint density at radius 1 is 1.09 bits per heavy atom. The van der Waals surface area contributed by atoms with Crippen molar-refractivity contribution in [1.29, 1.82) is 0 Å². The Morgan fingerprint density at radius 3 is 2.73 bits per heavy atom. The number of carbonyl (C=O) groups excluding carboxylic acids is 1. The van der Waals surface area contributed by atoms with Gasteiger partial charge in [0.25, 0.3) is 0 Å². The summed E-state index contributed by atoms with van der Waals surface area (Å²) < 4.78 is 13.6. The van der Waals surface area contributed by atoms with Crippen LogP contribution in [0.1, 0.15) is 23.2 Å². The molecule has 1 fully saturated rings. The lowest BCUT2D eigenvalue weighted by Crippen LogP contribution is -2.33. The number of fused-ring (bicyclic) bond motifs is 3. The van der Waals surface area contributed by atoms with Crippen LogP contribution in [0.25, 0.3) is 0 Å². The molecule has 4 nitrogen and oxygen atoms in total. The minimum atomic E-state index is -0.567. The molecule has 3 aliphatic rings. The van der Waals surface area contributed by atoms with E-state index in [4.69, 9.17) is 4.99 Å². The van der Waals surface area contributed by atoms with E-state index >= 15 is 0 Å². The number of amides is 1. The van der Waals surface area contributed by atoms with Crippen LogP contribution in [0.2, 0.25) is 0 Å². The molecule has 1 aliphatic heterocycles. The van der Waals surface area contributed by atoms with Crippen LogP contribution in [0.4, 0.5) is 4.39 Å². The van der Waals surface area contributed by atoms with E-state index in [0.717, 1.165) is 44.5 Å². The van der Waals surface area contributed by atoms with Gasteiger partial charge in [-0.1, -0.05) is 42.1 Å². The molecule has 2 atom stereocenters. The number of benzene rings is 2. The number of nitrogens with zero attached hydrogens (tertiary/aromatic N) is 2. The van der Waals surface area contributed by atoms with Crippen molar-refractivity contribution in [3.8, 4) is 0 Å². The number of thioether (sulfide) groups is 1. The minimum Gasteiger partial charge on any atom is -0.350 e. The van der Waals surface area contributed by atoms with E-state index in [1.807, 2.05) is 48.6 Å². The third kappa shape index (κ3) is 3.51. The lowest BCUT2D eigenvalue weighted by atomic mass is 9.95. The number of allylic oxidation sites excluding steroid dienone is 2. The van der Waals surface area contributed by atoms with Crippen molar-refractivity contribution in [3.63, 3.8) is 0 Å². The van der Waals surface area contributed by atoms with E-state index in [1.165, 1.54) is 12.1 Å². The van der Waals surface area contributed by atoms with Crippen LogP contribution in [0.3, 0.4) is 0 Å². The maximum Gasteiger partial charge on any atom is 0.231 e. The second-order valence-corrected chi connectivity index (χ2v) is 9.53. The molecule has 1 N–H and O–H groups in total. The van der Waals surface area contributed by atoms with Gasteiger partial charge in [-0.15, -0.1) is 0 Å². The number of carbonyl (C=O) groups is 1. The molecule has 33 heavy (non-hydrogen) atoms. The molecular formula is C27H20FN3OS. The maximum atomic E-state index is 13.6. The molecule has 1 saturated carbocycles. The molecule has 2 heterocycles. The summed E-state index contributed by atoms with van der Waals surface area (Å²) in [5.74, 6) is -0.244. The Kier molecular flexibility index (Phi) is 4.76. The number of halogens is 1. The second kappa shape index (κ2) is 7.81. The third-order valence-electron chi connectivity index (χ3n) is 6.41. The van der Waals surface area contributed by atoms with E-state index in [0.29, 0.717) is 6.54 Å². The van der Waals surface area contributed by atoms with Gasteiger partial charge in [-0.05, 0) is 55.0 Å². The van der Waals surface area contributed by atoms with Crippen molar-refractivity contribution in [2.75, 3.05) is 0 Å². The highest BCUT2D eigenvalue weighted by atomic mass is 32.2. The monoisotopic (exact) mass is 453 g/mol. The third-order valence-corrected chi connectivity index (χ3v) is 7.55. The van der Waals surface area contributed by atoms with Crippen molar-refractivity contribution in [3.05, 3.63) is 118 Å². The molecule has 0 spiro atoms. The first-order valence-corrected chi connectivity index (χ1v) is 11.7. The number of hydrogen-bond acceptors (Lipinski definition) is 4. The Balaban J connectivity index is 1.34. The average molecular weight is 454 g/mol. The summed E-state index contributed by atoms with van der Waals surface area (Å²) in [6.07, 6.45) is 6.53. The predicted octanol–water partition coefficient (Wildman–Crippen LogP) is 5.27. The number of pyridine rings is 1. The van der Waals surface area contributed by atoms with E-state index in [-0.39, 0.29) is 17.6 Å². The van der Waals surface area contributed by atoms with Gasteiger partial charge in [0, 0.05) is 33.0 Å².